The van der Waals surface area contributed by atoms with E-state index in [4.69, 9.17) is 9.47 Å². The molecule has 150 valence electrons. The lowest BCUT2D eigenvalue weighted by Crippen LogP contribution is -2.27. The van der Waals surface area contributed by atoms with E-state index in [0.717, 1.165) is 30.1 Å². The molecule has 0 aliphatic rings. The molecule has 0 saturated carbocycles. The number of aromatic amines is 1. The molecule has 6 nitrogen and oxygen atoms in total. The van der Waals surface area contributed by atoms with E-state index in [9.17, 15) is 13.2 Å². The zero-order valence-electron chi connectivity index (χ0n) is 15.9. The second kappa shape index (κ2) is 9.09. The highest BCUT2D eigenvalue weighted by atomic mass is 19.4. The number of halogens is 3. The van der Waals surface area contributed by atoms with Crippen molar-refractivity contribution in [1.29, 1.82) is 0 Å². The van der Waals surface area contributed by atoms with Crippen molar-refractivity contribution in [2.75, 3.05) is 52.4 Å². The fourth-order valence-electron chi connectivity index (χ4n) is 2.71. The zero-order chi connectivity index (χ0) is 20.0. The topological polar surface area (TPSA) is 62.4 Å². The van der Waals surface area contributed by atoms with Crippen LogP contribution in [0.3, 0.4) is 0 Å². The summed E-state index contributed by atoms with van der Waals surface area (Å²) < 4.78 is 50.4. The fourth-order valence-corrected chi connectivity index (χ4v) is 2.71. The third-order valence-electron chi connectivity index (χ3n) is 4.06. The second-order valence-corrected chi connectivity index (χ2v) is 6.16. The molecule has 0 spiro atoms. The van der Waals surface area contributed by atoms with Crippen LogP contribution in [-0.4, -0.2) is 57.7 Å². The molecule has 1 aromatic carbocycles. The first-order valence-electron chi connectivity index (χ1n) is 8.53. The van der Waals surface area contributed by atoms with Gasteiger partial charge in [0.05, 0.1) is 23.6 Å². The van der Waals surface area contributed by atoms with Gasteiger partial charge in [0.25, 0.3) is 0 Å². The van der Waals surface area contributed by atoms with Crippen molar-refractivity contribution in [1.82, 2.24) is 15.5 Å². The molecule has 0 fully saturated rings. The minimum Gasteiger partial charge on any atom is -0.491 e. The number of hydrogen-bond donors (Lipinski definition) is 2. The van der Waals surface area contributed by atoms with Gasteiger partial charge in [-0.15, -0.1) is 0 Å². The van der Waals surface area contributed by atoms with Gasteiger partial charge < -0.3 is 19.7 Å². The van der Waals surface area contributed by atoms with E-state index in [0.29, 0.717) is 17.8 Å². The molecule has 0 aliphatic heterocycles. The van der Waals surface area contributed by atoms with Gasteiger partial charge in [-0.3, -0.25) is 5.10 Å². The number of nitrogens with one attached hydrogen (secondary N) is 2. The van der Waals surface area contributed by atoms with Crippen LogP contribution < -0.4 is 15.0 Å². The molecule has 0 aliphatic carbocycles. The van der Waals surface area contributed by atoms with Crippen molar-refractivity contribution in [3.05, 3.63) is 29.5 Å². The lowest BCUT2D eigenvalue weighted by Gasteiger charge is -2.20. The fraction of sp³-hybridized carbons (Fsp3) is 0.500. The number of likely N-dealkylation sites (N-methyl/N-ethyl adjacent to an activating group) is 2. The summed E-state index contributed by atoms with van der Waals surface area (Å²) in [6, 6.07) is 3.65. The van der Waals surface area contributed by atoms with E-state index < -0.39 is 11.7 Å². The largest absolute Gasteiger partial charge is 0.491 e. The predicted octanol–water partition coefficient (Wildman–Crippen LogP) is 3.08. The zero-order valence-corrected chi connectivity index (χ0v) is 15.9. The number of aryl methyl sites for hydroxylation is 1. The number of hydrogen-bond acceptors (Lipinski definition) is 5. The quantitative estimate of drug-likeness (QED) is 0.649. The molecule has 27 heavy (non-hydrogen) atoms. The highest BCUT2D eigenvalue weighted by Crippen LogP contribution is 2.38. The number of nitrogens with zero attached hydrogens (tertiary/aromatic N) is 2. The Balaban J connectivity index is 2.46. The molecule has 0 saturated heterocycles. The molecular weight excluding hydrogens is 361 g/mol. The summed E-state index contributed by atoms with van der Waals surface area (Å²) in [7, 11) is 5.22. The third-order valence-corrected chi connectivity index (χ3v) is 4.06. The van der Waals surface area contributed by atoms with Crippen molar-refractivity contribution in [2.24, 2.45) is 0 Å². The Morgan fingerprint density at radius 1 is 1.22 bits per heavy atom. The van der Waals surface area contributed by atoms with Gasteiger partial charge in [-0.05, 0) is 32.2 Å². The molecule has 0 unspecified atom stereocenters. The lowest BCUT2D eigenvalue weighted by molar-refractivity contribution is -0.137. The Morgan fingerprint density at radius 3 is 2.59 bits per heavy atom. The molecule has 0 radical (unpaired) electrons. The standard InChI is InChI=1S/C18H25F3N4O2/c1-12-17(25(3)6-5-22-2)16(24-23-12)13-9-14(18(19,20)21)11-15(10-13)27-8-7-26-4/h9-11,22H,5-8H2,1-4H3,(H,23,24). The van der Waals surface area contributed by atoms with E-state index in [1.165, 1.54) is 7.11 Å². The SMILES string of the molecule is CNCCN(C)c1c(-c2cc(OCCOC)cc(C(F)(F)F)c2)n[nH]c1C. The van der Waals surface area contributed by atoms with E-state index in [-0.39, 0.29) is 19.0 Å². The summed E-state index contributed by atoms with van der Waals surface area (Å²) in [6.45, 7) is 3.69. The van der Waals surface area contributed by atoms with Gasteiger partial charge in [0.15, 0.2) is 0 Å². The van der Waals surface area contributed by atoms with Gasteiger partial charge in [-0.2, -0.15) is 18.3 Å². The van der Waals surface area contributed by atoms with E-state index in [2.05, 4.69) is 15.5 Å². The number of benzene rings is 1. The average molecular weight is 386 g/mol. The highest BCUT2D eigenvalue weighted by molar-refractivity contribution is 5.78. The molecule has 2 aromatic rings. The van der Waals surface area contributed by atoms with Crippen molar-refractivity contribution >= 4 is 5.69 Å². The first kappa shape index (κ1) is 21.0. The maximum Gasteiger partial charge on any atom is 0.416 e. The van der Waals surface area contributed by atoms with Gasteiger partial charge >= 0.3 is 6.18 Å². The number of ether oxygens (including phenoxy) is 2. The Hall–Kier alpha value is -2.26. The van der Waals surface area contributed by atoms with Crippen molar-refractivity contribution in [2.45, 2.75) is 13.1 Å². The van der Waals surface area contributed by atoms with Crippen LogP contribution in [0.2, 0.25) is 0 Å². The summed E-state index contributed by atoms with van der Waals surface area (Å²) >= 11 is 0. The number of alkyl halides is 3. The molecule has 9 heteroatoms. The van der Waals surface area contributed by atoms with Crippen LogP contribution in [0.1, 0.15) is 11.3 Å². The third kappa shape index (κ3) is 5.36. The lowest BCUT2D eigenvalue weighted by atomic mass is 10.0. The Labute approximate surface area is 156 Å². The Morgan fingerprint density at radius 2 is 1.96 bits per heavy atom. The highest BCUT2D eigenvalue weighted by Gasteiger charge is 2.32. The molecular formula is C18H25F3N4O2. The maximum atomic E-state index is 13.4. The van der Waals surface area contributed by atoms with Crippen molar-refractivity contribution in [3.8, 4) is 17.0 Å². The van der Waals surface area contributed by atoms with Crippen LogP contribution in [0.4, 0.5) is 18.9 Å². The van der Waals surface area contributed by atoms with Crippen molar-refractivity contribution < 1.29 is 22.6 Å². The summed E-state index contributed by atoms with van der Waals surface area (Å²) in [5.41, 5.74) is 1.55. The summed E-state index contributed by atoms with van der Waals surface area (Å²) in [5, 5.41) is 10.2. The molecule has 0 amide bonds. The number of H-pyrrole nitrogens is 1. The number of methoxy groups -OCH3 is 1. The normalized spacial score (nSPS) is 11.7. The van der Waals surface area contributed by atoms with Gasteiger partial charge in [0.1, 0.15) is 18.1 Å². The van der Waals surface area contributed by atoms with Crippen LogP contribution in [-0.2, 0) is 10.9 Å². The minimum atomic E-state index is -4.49. The van der Waals surface area contributed by atoms with Crippen molar-refractivity contribution in [3.63, 3.8) is 0 Å². The van der Waals surface area contributed by atoms with Gasteiger partial charge in [0, 0.05) is 32.8 Å². The molecule has 1 heterocycles. The van der Waals surface area contributed by atoms with E-state index in [1.54, 1.807) is 6.07 Å². The molecule has 2 rings (SSSR count). The molecule has 2 N–H and O–H groups in total. The van der Waals surface area contributed by atoms with E-state index >= 15 is 0 Å². The average Bonchev–Trinajstić information content (AvgIpc) is 3.00. The minimum absolute atomic E-state index is 0.126. The van der Waals surface area contributed by atoms with Gasteiger partial charge in [-0.25, -0.2) is 0 Å². The van der Waals surface area contributed by atoms with Crippen LogP contribution in [0.15, 0.2) is 18.2 Å². The van der Waals surface area contributed by atoms with Crippen LogP contribution >= 0.6 is 0 Å². The predicted molar refractivity (Wildman–Crippen MR) is 98.3 cm³/mol. The van der Waals surface area contributed by atoms with E-state index in [1.807, 2.05) is 25.9 Å². The smallest absolute Gasteiger partial charge is 0.416 e. The maximum absolute atomic E-state index is 13.4. The van der Waals surface area contributed by atoms with Crippen LogP contribution in [0.25, 0.3) is 11.3 Å². The van der Waals surface area contributed by atoms with Gasteiger partial charge in [-0.1, -0.05) is 0 Å². The summed E-state index contributed by atoms with van der Waals surface area (Å²) in [4.78, 5) is 1.95. The summed E-state index contributed by atoms with van der Waals surface area (Å²) in [6.07, 6.45) is -4.49. The first-order valence-corrected chi connectivity index (χ1v) is 8.53. The Kier molecular flexibility index (Phi) is 7.09. The molecule has 0 bridgehead atoms. The van der Waals surface area contributed by atoms with Gasteiger partial charge in [0.2, 0.25) is 0 Å². The second-order valence-electron chi connectivity index (χ2n) is 6.16. The van der Waals surface area contributed by atoms with Crippen LogP contribution in [0, 0.1) is 6.92 Å². The number of aromatic nitrogens is 2. The molecule has 0 atom stereocenters. The molecule has 1 aromatic heterocycles. The van der Waals surface area contributed by atoms with Crippen LogP contribution in [0.5, 0.6) is 5.75 Å². The monoisotopic (exact) mass is 386 g/mol. The first-order chi connectivity index (χ1) is 12.8. The number of rotatable bonds is 9. The number of anilines is 1. The Bertz CT molecular complexity index is 747. The summed E-state index contributed by atoms with van der Waals surface area (Å²) in [5.74, 6) is 0.126.